The third-order valence-electron chi connectivity index (χ3n) is 2.15. The molecule has 1 aromatic rings. The predicted molar refractivity (Wildman–Crippen MR) is 72.3 cm³/mol. The summed E-state index contributed by atoms with van der Waals surface area (Å²) in [5.41, 5.74) is 1.16. The molecule has 0 heterocycles. The molecule has 0 atom stereocenters. The van der Waals surface area contributed by atoms with E-state index in [-0.39, 0.29) is 0 Å². The van der Waals surface area contributed by atoms with Gasteiger partial charge in [-0.25, -0.2) is 0 Å². The van der Waals surface area contributed by atoms with Crippen molar-refractivity contribution in [3.8, 4) is 0 Å². The van der Waals surface area contributed by atoms with E-state index in [1.807, 2.05) is 6.07 Å². The van der Waals surface area contributed by atoms with E-state index in [9.17, 15) is 0 Å². The molecule has 3 heteroatoms. The van der Waals surface area contributed by atoms with Crippen molar-refractivity contribution in [2.75, 3.05) is 18.0 Å². The van der Waals surface area contributed by atoms with Crippen LogP contribution in [0.15, 0.2) is 18.2 Å². The van der Waals surface area contributed by atoms with Crippen LogP contribution in [-0.4, -0.2) is 13.1 Å². The van der Waals surface area contributed by atoms with E-state index >= 15 is 0 Å². The molecule has 0 saturated carbocycles. The van der Waals surface area contributed by atoms with Gasteiger partial charge in [0, 0.05) is 16.7 Å². The van der Waals surface area contributed by atoms with E-state index in [1.54, 1.807) is 0 Å². The van der Waals surface area contributed by atoms with Crippen molar-refractivity contribution in [3.63, 3.8) is 0 Å². The van der Waals surface area contributed by atoms with Crippen molar-refractivity contribution in [1.29, 1.82) is 0 Å². The van der Waals surface area contributed by atoms with E-state index in [0.29, 0.717) is 0 Å². The van der Waals surface area contributed by atoms with Gasteiger partial charge in [-0.2, -0.15) is 0 Å². The second-order valence-electron chi connectivity index (χ2n) is 3.15. The third kappa shape index (κ3) is 2.76. The molecule has 0 N–H and O–H groups in total. The van der Waals surface area contributed by atoms with Crippen LogP contribution in [0.5, 0.6) is 0 Å². The molecule has 0 bridgehead atoms. The van der Waals surface area contributed by atoms with Crippen LogP contribution in [-0.2, 0) is 0 Å². The Morgan fingerprint density at radius 1 is 1.36 bits per heavy atom. The van der Waals surface area contributed by atoms with Gasteiger partial charge in [-0.3, -0.25) is 0 Å². The number of hydrogen-bond donors (Lipinski definition) is 0. The number of anilines is 1. The second kappa shape index (κ2) is 5.81. The lowest BCUT2D eigenvalue weighted by atomic mass is 10.2. The standard InChI is InChI=1S/C11H15ClIN/c1-3-8-14(4-2)10-7-5-6-9(13)11(10)12/h5-7H,3-4,8H2,1-2H3. The molecule has 1 nitrogen and oxygen atoms in total. The monoisotopic (exact) mass is 323 g/mol. The average molecular weight is 324 g/mol. The molecule has 0 aliphatic rings. The number of halogens is 2. The van der Waals surface area contributed by atoms with Gasteiger partial charge in [0.15, 0.2) is 0 Å². The van der Waals surface area contributed by atoms with Gasteiger partial charge in [-0.1, -0.05) is 24.6 Å². The van der Waals surface area contributed by atoms with E-state index < -0.39 is 0 Å². The van der Waals surface area contributed by atoms with Gasteiger partial charge >= 0.3 is 0 Å². The zero-order chi connectivity index (χ0) is 10.6. The van der Waals surface area contributed by atoms with Gasteiger partial charge in [0.2, 0.25) is 0 Å². The van der Waals surface area contributed by atoms with Crippen LogP contribution < -0.4 is 4.90 Å². The number of hydrogen-bond acceptors (Lipinski definition) is 1. The molecule has 0 unspecified atom stereocenters. The lowest BCUT2D eigenvalue weighted by Gasteiger charge is -2.23. The molecule has 0 aromatic heterocycles. The van der Waals surface area contributed by atoms with Crippen molar-refractivity contribution in [2.24, 2.45) is 0 Å². The van der Waals surface area contributed by atoms with Gasteiger partial charge in [-0.05, 0) is 48.1 Å². The fraction of sp³-hybridized carbons (Fsp3) is 0.455. The second-order valence-corrected chi connectivity index (χ2v) is 4.69. The number of nitrogens with zero attached hydrogens (tertiary/aromatic N) is 1. The van der Waals surface area contributed by atoms with Crippen LogP contribution >= 0.6 is 34.2 Å². The Labute approximate surface area is 105 Å². The van der Waals surface area contributed by atoms with Crippen LogP contribution in [0.1, 0.15) is 20.3 Å². The lowest BCUT2D eigenvalue weighted by molar-refractivity contribution is 0.791. The molecule has 0 aliphatic carbocycles. The van der Waals surface area contributed by atoms with E-state index in [1.165, 1.54) is 0 Å². The van der Waals surface area contributed by atoms with Crippen LogP contribution in [0.4, 0.5) is 5.69 Å². The van der Waals surface area contributed by atoms with E-state index in [2.05, 4.69) is 53.5 Å². The topological polar surface area (TPSA) is 3.24 Å². The minimum absolute atomic E-state index is 0.878. The molecular weight excluding hydrogens is 308 g/mol. The molecule has 0 amide bonds. The maximum Gasteiger partial charge on any atom is 0.0772 e. The number of benzene rings is 1. The highest BCUT2D eigenvalue weighted by molar-refractivity contribution is 14.1. The molecule has 78 valence electrons. The Hall–Kier alpha value is 0.0400. The van der Waals surface area contributed by atoms with Crippen molar-refractivity contribution in [1.82, 2.24) is 0 Å². The highest BCUT2D eigenvalue weighted by Gasteiger charge is 2.09. The maximum absolute atomic E-state index is 6.25. The molecule has 1 rings (SSSR count). The summed E-state index contributed by atoms with van der Waals surface area (Å²) in [5.74, 6) is 0. The predicted octanol–water partition coefficient (Wildman–Crippen LogP) is 4.18. The van der Waals surface area contributed by atoms with Gasteiger partial charge in [-0.15, -0.1) is 0 Å². The molecule has 0 aliphatic heterocycles. The fourth-order valence-corrected chi connectivity index (χ4v) is 2.18. The Morgan fingerprint density at radius 2 is 2.07 bits per heavy atom. The lowest BCUT2D eigenvalue weighted by Crippen LogP contribution is -2.23. The zero-order valence-corrected chi connectivity index (χ0v) is 11.5. The highest BCUT2D eigenvalue weighted by Crippen LogP contribution is 2.30. The average Bonchev–Trinajstić information content (AvgIpc) is 2.19. The summed E-state index contributed by atoms with van der Waals surface area (Å²) in [7, 11) is 0. The van der Waals surface area contributed by atoms with E-state index in [0.717, 1.165) is 33.8 Å². The van der Waals surface area contributed by atoms with Crippen LogP contribution in [0.2, 0.25) is 5.02 Å². The molecule has 0 spiro atoms. The fourth-order valence-electron chi connectivity index (χ4n) is 1.46. The summed E-state index contributed by atoms with van der Waals surface area (Å²) in [6.45, 7) is 6.42. The smallest absolute Gasteiger partial charge is 0.0772 e. The minimum Gasteiger partial charge on any atom is -0.371 e. The third-order valence-corrected chi connectivity index (χ3v) is 3.76. The summed E-state index contributed by atoms with van der Waals surface area (Å²) < 4.78 is 1.12. The van der Waals surface area contributed by atoms with Crippen molar-refractivity contribution >= 4 is 39.9 Å². The quantitative estimate of drug-likeness (QED) is 0.751. The molecule has 0 radical (unpaired) electrons. The summed E-state index contributed by atoms with van der Waals surface area (Å²) in [5, 5.41) is 0.878. The van der Waals surface area contributed by atoms with Crippen LogP contribution in [0, 0.1) is 3.57 Å². The van der Waals surface area contributed by atoms with Gasteiger partial charge in [0.25, 0.3) is 0 Å². The van der Waals surface area contributed by atoms with Gasteiger partial charge in [0.05, 0.1) is 10.7 Å². The first kappa shape index (κ1) is 12.1. The van der Waals surface area contributed by atoms with Crippen LogP contribution in [0.3, 0.4) is 0 Å². The van der Waals surface area contributed by atoms with Gasteiger partial charge < -0.3 is 4.90 Å². The largest absolute Gasteiger partial charge is 0.371 e. The minimum atomic E-state index is 0.878. The summed E-state index contributed by atoms with van der Waals surface area (Å²) in [6, 6.07) is 6.18. The molecule has 14 heavy (non-hydrogen) atoms. The van der Waals surface area contributed by atoms with Crippen LogP contribution in [0.25, 0.3) is 0 Å². The maximum atomic E-state index is 6.25. The van der Waals surface area contributed by atoms with Gasteiger partial charge in [0.1, 0.15) is 0 Å². The van der Waals surface area contributed by atoms with Crippen molar-refractivity contribution in [2.45, 2.75) is 20.3 Å². The molecular formula is C11H15ClIN. The Morgan fingerprint density at radius 3 is 2.64 bits per heavy atom. The molecule has 1 aromatic carbocycles. The summed E-state index contributed by atoms with van der Waals surface area (Å²) in [6.07, 6.45) is 1.15. The van der Waals surface area contributed by atoms with E-state index in [4.69, 9.17) is 11.6 Å². The molecule has 0 saturated heterocycles. The summed E-state index contributed by atoms with van der Waals surface area (Å²) in [4.78, 5) is 2.31. The zero-order valence-electron chi connectivity index (χ0n) is 8.56. The highest BCUT2D eigenvalue weighted by atomic mass is 127. The first-order chi connectivity index (χ1) is 6.70. The first-order valence-electron chi connectivity index (χ1n) is 4.89. The normalized spacial score (nSPS) is 10.3. The van der Waals surface area contributed by atoms with Crippen molar-refractivity contribution in [3.05, 3.63) is 26.8 Å². The SMILES string of the molecule is CCCN(CC)c1cccc(I)c1Cl. The number of rotatable bonds is 4. The molecule has 0 fully saturated rings. The van der Waals surface area contributed by atoms with Crippen molar-refractivity contribution < 1.29 is 0 Å². The Balaban J connectivity index is 2.97. The summed E-state index contributed by atoms with van der Waals surface area (Å²) >= 11 is 8.52. The Kier molecular flexibility index (Phi) is 5.02. The Bertz CT molecular complexity index is 301. The first-order valence-corrected chi connectivity index (χ1v) is 6.35.